The molecule has 0 saturated heterocycles. The summed E-state index contributed by atoms with van der Waals surface area (Å²) in [5.74, 6) is 2.88. The Labute approximate surface area is 120 Å². The average Bonchev–Trinajstić information content (AvgIpc) is 2.80. The van der Waals surface area contributed by atoms with Gasteiger partial charge < -0.3 is 5.32 Å². The summed E-state index contributed by atoms with van der Waals surface area (Å²) in [6.45, 7) is 0. The van der Waals surface area contributed by atoms with E-state index < -0.39 is 0 Å². The van der Waals surface area contributed by atoms with Crippen LogP contribution in [0.3, 0.4) is 0 Å². The Morgan fingerprint density at radius 2 is 1.65 bits per heavy atom. The largest absolute Gasteiger partial charge is 0.381 e. The van der Waals surface area contributed by atoms with Crippen LogP contribution in [0.1, 0.15) is 44.1 Å². The van der Waals surface area contributed by atoms with Crippen LogP contribution in [0.25, 0.3) is 0 Å². The van der Waals surface area contributed by atoms with Crippen molar-refractivity contribution >= 4 is 5.69 Å². The summed E-state index contributed by atoms with van der Waals surface area (Å²) >= 11 is 0. The molecule has 1 nitrogen and oxygen atoms in total. The normalized spacial score (nSPS) is 44.5. The van der Waals surface area contributed by atoms with Crippen molar-refractivity contribution in [3.05, 3.63) is 29.6 Å². The highest BCUT2D eigenvalue weighted by Crippen LogP contribution is 2.62. The Morgan fingerprint density at radius 1 is 1.00 bits per heavy atom. The molecular weight excluding hydrogens is 249 g/mol. The fourth-order valence-corrected chi connectivity index (χ4v) is 6.30. The van der Waals surface area contributed by atoms with Crippen LogP contribution in [0, 0.1) is 29.0 Å². The number of nitrogens with one attached hydrogen (secondary N) is 1. The maximum absolute atomic E-state index is 13.4. The second-order valence-corrected chi connectivity index (χ2v) is 7.98. The molecule has 0 radical (unpaired) electrons. The highest BCUT2D eigenvalue weighted by atomic mass is 19.1. The molecule has 4 aliphatic carbocycles. The zero-order valence-corrected chi connectivity index (χ0v) is 11.9. The molecule has 106 valence electrons. The van der Waals surface area contributed by atoms with Crippen LogP contribution in [-0.4, -0.2) is 6.04 Å². The lowest BCUT2D eigenvalue weighted by atomic mass is 9.47. The Morgan fingerprint density at radius 3 is 2.30 bits per heavy atom. The zero-order chi connectivity index (χ0) is 13.3. The molecule has 4 fully saturated rings. The van der Waals surface area contributed by atoms with Gasteiger partial charge in [-0.1, -0.05) is 0 Å². The Hall–Kier alpha value is -1.05. The van der Waals surface area contributed by atoms with E-state index in [1.165, 1.54) is 49.8 Å². The summed E-state index contributed by atoms with van der Waals surface area (Å²) < 4.78 is 13.4. The monoisotopic (exact) mass is 271 g/mol. The number of halogens is 1. The van der Waals surface area contributed by atoms with Gasteiger partial charge in [-0.2, -0.15) is 0 Å². The number of hydrogen-bond donors (Lipinski definition) is 1. The maximum Gasteiger partial charge on any atom is 0.123 e. The molecule has 1 atom stereocenters. The van der Waals surface area contributed by atoms with Crippen LogP contribution >= 0.6 is 0 Å². The highest BCUT2D eigenvalue weighted by molar-refractivity contribution is 5.57. The molecule has 1 unspecified atom stereocenters. The lowest BCUT2D eigenvalue weighted by molar-refractivity contribution is -0.0619. The van der Waals surface area contributed by atoms with Gasteiger partial charge in [0.1, 0.15) is 5.82 Å². The molecule has 0 aromatic heterocycles. The van der Waals surface area contributed by atoms with Crippen LogP contribution in [-0.2, 0) is 6.42 Å². The Kier molecular flexibility index (Phi) is 2.19. The first kappa shape index (κ1) is 11.6. The van der Waals surface area contributed by atoms with Gasteiger partial charge in [-0.3, -0.25) is 0 Å². The van der Waals surface area contributed by atoms with Gasteiger partial charge in [0, 0.05) is 11.7 Å². The van der Waals surface area contributed by atoms with Crippen molar-refractivity contribution in [3.8, 4) is 0 Å². The average molecular weight is 271 g/mol. The third-order valence-corrected chi connectivity index (χ3v) is 6.65. The number of anilines is 1. The topological polar surface area (TPSA) is 12.0 Å². The maximum atomic E-state index is 13.4. The second-order valence-electron chi connectivity index (χ2n) is 7.98. The number of benzene rings is 1. The van der Waals surface area contributed by atoms with Crippen molar-refractivity contribution in [1.29, 1.82) is 0 Å². The molecule has 1 N–H and O–H groups in total. The number of fused-ring (bicyclic) bond motifs is 1. The van der Waals surface area contributed by atoms with E-state index in [2.05, 4.69) is 5.32 Å². The van der Waals surface area contributed by atoms with Crippen molar-refractivity contribution in [3.63, 3.8) is 0 Å². The zero-order valence-electron chi connectivity index (χ0n) is 11.9. The molecule has 4 bridgehead atoms. The molecule has 5 aliphatic rings. The van der Waals surface area contributed by atoms with Gasteiger partial charge in [0.2, 0.25) is 0 Å². The first-order valence-corrected chi connectivity index (χ1v) is 8.25. The molecule has 1 aromatic rings. The Bertz CT molecular complexity index is 529. The van der Waals surface area contributed by atoms with Crippen LogP contribution in [0.15, 0.2) is 18.2 Å². The van der Waals surface area contributed by atoms with E-state index in [0.717, 1.165) is 24.2 Å². The van der Waals surface area contributed by atoms with E-state index in [4.69, 9.17) is 0 Å². The van der Waals surface area contributed by atoms with Gasteiger partial charge in [-0.05, 0) is 91.9 Å². The molecule has 1 aromatic carbocycles. The van der Waals surface area contributed by atoms with E-state index in [9.17, 15) is 4.39 Å². The van der Waals surface area contributed by atoms with Crippen molar-refractivity contribution in [2.24, 2.45) is 23.2 Å². The molecule has 4 saturated carbocycles. The third-order valence-electron chi connectivity index (χ3n) is 6.65. The molecule has 20 heavy (non-hydrogen) atoms. The van der Waals surface area contributed by atoms with Gasteiger partial charge in [0.15, 0.2) is 0 Å². The summed E-state index contributed by atoms with van der Waals surface area (Å²) in [7, 11) is 0. The summed E-state index contributed by atoms with van der Waals surface area (Å²) in [6.07, 6.45) is 9.79. The quantitative estimate of drug-likeness (QED) is 0.799. The molecule has 0 amide bonds. The summed E-state index contributed by atoms with van der Waals surface area (Å²) in [5, 5.41) is 3.75. The fraction of sp³-hybridized carbons (Fsp3) is 0.667. The van der Waals surface area contributed by atoms with Gasteiger partial charge >= 0.3 is 0 Å². The molecule has 0 spiro atoms. The molecule has 2 heteroatoms. The standard InChI is InChI=1S/C18H22FN/c19-15-1-2-16-14(6-15)7-17(20-16)18-8-11-3-12(9-18)5-13(4-11)10-18/h1-2,6,11-13,17,20H,3-5,7-10H2. The fourth-order valence-electron chi connectivity index (χ4n) is 6.30. The van der Waals surface area contributed by atoms with Gasteiger partial charge in [0.25, 0.3) is 0 Å². The third kappa shape index (κ3) is 1.54. The second kappa shape index (κ2) is 3.78. The molecule has 1 heterocycles. The van der Waals surface area contributed by atoms with Crippen LogP contribution in [0.2, 0.25) is 0 Å². The predicted molar refractivity (Wildman–Crippen MR) is 78.1 cm³/mol. The van der Waals surface area contributed by atoms with E-state index in [0.29, 0.717) is 11.5 Å². The predicted octanol–water partition coefficient (Wildman–Crippen LogP) is 4.38. The molecular formula is C18H22FN. The van der Waals surface area contributed by atoms with Crippen LogP contribution in [0.4, 0.5) is 10.1 Å². The first-order chi connectivity index (χ1) is 9.70. The number of rotatable bonds is 1. The highest BCUT2D eigenvalue weighted by Gasteiger charge is 2.54. The van der Waals surface area contributed by atoms with Gasteiger partial charge in [-0.15, -0.1) is 0 Å². The van der Waals surface area contributed by atoms with E-state index in [1.54, 1.807) is 12.1 Å². The smallest absolute Gasteiger partial charge is 0.123 e. The lowest BCUT2D eigenvalue weighted by Crippen LogP contribution is -2.53. The van der Waals surface area contributed by atoms with Crippen molar-refractivity contribution < 1.29 is 4.39 Å². The number of hydrogen-bond acceptors (Lipinski definition) is 1. The van der Waals surface area contributed by atoms with Crippen LogP contribution < -0.4 is 5.32 Å². The summed E-state index contributed by atoms with van der Waals surface area (Å²) in [4.78, 5) is 0. The minimum absolute atomic E-state index is 0.0864. The van der Waals surface area contributed by atoms with Crippen LogP contribution in [0.5, 0.6) is 0 Å². The minimum Gasteiger partial charge on any atom is -0.381 e. The van der Waals surface area contributed by atoms with Crippen molar-refractivity contribution in [1.82, 2.24) is 0 Å². The van der Waals surface area contributed by atoms with Crippen molar-refractivity contribution in [2.75, 3.05) is 5.32 Å². The minimum atomic E-state index is -0.0864. The van der Waals surface area contributed by atoms with E-state index in [1.807, 2.05) is 6.07 Å². The van der Waals surface area contributed by atoms with Gasteiger partial charge in [-0.25, -0.2) is 4.39 Å². The SMILES string of the molecule is Fc1ccc2c(c1)CC(C13CC4CC(CC(C4)C1)C3)N2. The molecule has 6 rings (SSSR count). The van der Waals surface area contributed by atoms with E-state index >= 15 is 0 Å². The molecule has 1 aliphatic heterocycles. The lowest BCUT2D eigenvalue weighted by Gasteiger charge is -2.59. The van der Waals surface area contributed by atoms with Gasteiger partial charge in [0.05, 0.1) is 0 Å². The van der Waals surface area contributed by atoms with Crippen molar-refractivity contribution in [2.45, 2.75) is 51.0 Å². The summed E-state index contributed by atoms with van der Waals surface area (Å²) in [6, 6.07) is 5.83. The Balaban J connectivity index is 1.47. The summed E-state index contributed by atoms with van der Waals surface area (Å²) in [5.41, 5.74) is 2.91. The van der Waals surface area contributed by atoms with E-state index in [-0.39, 0.29) is 5.82 Å². The first-order valence-electron chi connectivity index (χ1n) is 8.25.